The second kappa shape index (κ2) is 20.7. The van der Waals surface area contributed by atoms with Gasteiger partial charge in [-0.3, -0.25) is 48.3 Å². The first-order valence-electron chi connectivity index (χ1n) is 23.1. The van der Waals surface area contributed by atoms with Crippen LogP contribution >= 0.6 is 7.60 Å². The van der Waals surface area contributed by atoms with Crippen LogP contribution in [0.25, 0.3) is 10.9 Å². The van der Waals surface area contributed by atoms with Gasteiger partial charge in [0.05, 0.1) is 18.3 Å². The van der Waals surface area contributed by atoms with E-state index in [0.717, 1.165) is 60.1 Å². The first-order chi connectivity index (χ1) is 33.4. The molecule has 0 aliphatic carbocycles. The molecule has 1 unspecified atom stereocenters. The molecule has 1 aromatic heterocycles. The fourth-order valence-electron chi connectivity index (χ4n) is 9.49. The number of H-pyrrole nitrogens is 1. The summed E-state index contributed by atoms with van der Waals surface area (Å²) in [6.45, 7) is 0.707. The van der Waals surface area contributed by atoms with Crippen LogP contribution in [0.1, 0.15) is 113 Å². The average Bonchev–Trinajstić information content (AvgIpc) is 4.01. The zero-order valence-electron chi connectivity index (χ0n) is 37.9. The van der Waals surface area contributed by atoms with Gasteiger partial charge in [-0.1, -0.05) is 55.0 Å². The van der Waals surface area contributed by atoms with Crippen LogP contribution < -0.4 is 26.6 Å². The van der Waals surface area contributed by atoms with Crippen molar-refractivity contribution in [1.29, 1.82) is 0 Å². The van der Waals surface area contributed by atoms with Crippen LogP contribution in [0, 0.1) is 11.8 Å². The third-order valence-electron chi connectivity index (χ3n) is 13.1. The predicted octanol–water partition coefficient (Wildman–Crippen LogP) is 3.93. The molecule has 4 aliphatic heterocycles. The number of alkyl halides is 2. The minimum atomic E-state index is -5.84. The quantitative estimate of drug-likeness (QED) is 0.0325. The number of carbonyl (C=O) groups excluding carboxylic acids is 7. The van der Waals surface area contributed by atoms with E-state index in [2.05, 4.69) is 32.8 Å². The number of aromatic nitrogens is 1. The number of ether oxygens (including phenoxy) is 1. The molecule has 0 spiro atoms. The standard InChI is InChI=1S/C49H52F2N7O11P/c50-49(51,70(66,67)68)32-15-18-36-31(23-32)24-38(54-36)44(61)55-37-17-14-29-11-7-12-30-25-40(58(43(29)30)48(37)65)46(63)53-33(16-20-41(52)59)27-69-22-6-4-2-1-3-5-9-28-10-8-13-34-35(28)26-57(47(34)64)39-19-21-42(60)56-45(39)62/h7-8,10-13,15,18,23-24,33,37,39-40,54H,1-4,6,14,16-17,19-22,25-27H2,(H2,52,59)(H,53,63)(H,55,61)(H,56,60,62)(H2,66,67,68)/t33-,37-,39?,40-/m0/s1. The Hall–Kier alpha value is -6.78. The largest absolute Gasteiger partial charge is 0.399 e. The van der Waals surface area contributed by atoms with Crippen LogP contribution in [0.15, 0.2) is 60.7 Å². The molecule has 7 amide bonds. The Morgan fingerprint density at radius 3 is 2.51 bits per heavy atom. The number of nitrogens with zero attached hydrogens (tertiary/aromatic N) is 2. The number of primary amides is 1. The van der Waals surface area contributed by atoms with Crippen LogP contribution in [0.2, 0.25) is 0 Å². The minimum Gasteiger partial charge on any atom is -0.379 e. The Balaban J connectivity index is 0.828. The van der Waals surface area contributed by atoms with Crippen molar-refractivity contribution in [3.05, 3.63) is 99.7 Å². The van der Waals surface area contributed by atoms with E-state index in [4.69, 9.17) is 10.5 Å². The van der Waals surface area contributed by atoms with Gasteiger partial charge >= 0.3 is 13.3 Å². The normalized spacial score (nSPS) is 19.2. The topological polar surface area (TPSA) is 271 Å². The molecule has 1 fully saturated rings. The lowest BCUT2D eigenvalue weighted by Crippen LogP contribution is -2.56. The molecule has 368 valence electrons. The molecular formula is C49H52F2N7O11P. The summed E-state index contributed by atoms with van der Waals surface area (Å²) in [7, 11) is -5.84. The van der Waals surface area contributed by atoms with E-state index >= 15 is 0 Å². The number of halogens is 2. The molecule has 4 atom stereocenters. The predicted molar refractivity (Wildman–Crippen MR) is 249 cm³/mol. The van der Waals surface area contributed by atoms with Gasteiger partial charge in [-0.2, -0.15) is 8.78 Å². The van der Waals surface area contributed by atoms with Crippen LogP contribution in [0.4, 0.5) is 14.5 Å². The van der Waals surface area contributed by atoms with Gasteiger partial charge in [0, 0.05) is 66.4 Å². The summed E-state index contributed by atoms with van der Waals surface area (Å²) in [5.74, 6) is 3.00. The molecule has 8 rings (SSSR count). The van der Waals surface area contributed by atoms with E-state index < -0.39 is 72.5 Å². The summed E-state index contributed by atoms with van der Waals surface area (Å²) in [5, 5.41) is 8.10. The van der Waals surface area contributed by atoms with Gasteiger partial charge in [-0.25, -0.2) is 0 Å². The van der Waals surface area contributed by atoms with Crippen molar-refractivity contribution >= 4 is 65.5 Å². The number of anilines is 1. The number of amides is 7. The van der Waals surface area contributed by atoms with Crippen molar-refractivity contribution in [2.24, 2.45) is 5.73 Å². The first-order valence-corrected chi connectivity index (χ1v) is 24.8. The highest BCUT2D eigenvalue weighted by Gasteiger charge is 2.50. The molecule has 4 aliphatic rings. The highest BCUT2D eigenvalue weighted by molar-refractivity contribution is 7.52. The zero-order valence-corrected chi connectivity index (χ0v) is 38.8. The van der Waals surface area contributed by atoms with E-state index in [1.807, 2.05) is 24.3 Å². The molecule has 70 heavy (non-hydrogen) atoms. The molecule has 1 saturated heterocycles. The van der Waals surface area contributed by atoms with Crippen LogP contribution in [0.3, 0.4) is 0 Å². The highest BCUT2D eigenvalue weighted by atomic mass is 31.2. The zero-order chi connectivity index (χ0) is 49.9. The third-order valence-corrected chi connectivity index (χ3v) is 14.1. The smallest absolute Gasteiger partial charge is 0.379 e. The first kappa shape index (κ1) is 49.6. The maximum atomic E-state index is 14.4. The van der Waals surface area contributed by atoms with Crippen molar-refractivity contribution < 1.29 is 61.4 Å². The molecule has 5 heterocycles. The number of nitrogens with one attached hydrogen (secondary N) is 4. The molecule has 4 aromatic rings. The number of hydrogen-bond donors (Lipinski definition) is 7. The summed E-state index contributed by atoms with van der Waals surface area (Å²) in [5.41, 5.74) is 4.41. The van der Waals surface area contributed by atoms with Gasteiger partial charge < -0.3 is 40.8 Å². The molecule has 0 radical (unpaired) electrons. The summed E-state index contributed by atoms with van der Waals surface area (Å²) in [6, 6.07) is 11.6. The lowest BCUT2D eigenvalue weighted by atomic mass is 10.0. The monoisotopic (exact) mass is 983 g/mol. The molecule has 8 N–H and O–H groups in total. The van der Waals surface area contributed by atoms with Gasteiger partial charge in [-0.05, 0) is 85.5 Å². The minimum absolute atomic E-state index is 0.0253. The summed E-state index contributed by atoms with van der Waals surface area (Å²) in [4.78, 5) is 115. The number of benzene rings is 3. The lowest BCUT2D eigenvalue weighted by Gasteiger charge is -2.29. The summed E-state index contributed by atoms with van der Waals surface area (Å²) < 4.78 is 46.3. The van der Waals surface area contributed by atoms with Crippen LogP contribution in [-0.2, 0) is 58.3 Å². The number of aryl methyl sites for hydroxylation is 1. The van der Waals surface area contributed by atoms with Gasteiger partial charge in [0.15, 0.2) is 0 Å². The maximum absolute atomic E-state index is 14.4. The number of hydrogen-bond acceptors (Lipinski definition) is 9. The molecule has 21 heteroatoms. The fourth-order valence-corrected chi connectivity index (χ4v) is 9.96. The third kappa shape index (κ3) is 10.5. The second-order valence-corrected chi connectivity index (χ2v) is 19.6. The van der Waals surface area contributed by atoms with Crippen LogP contribution in [0.5, 0.6) is 0 Å². The summed E-state index contributed by atoms with van der Waals surface area (Å²) >= 11 is 0. The van der Waals surface area contributed by atoms with Crippen LogP contribution in [-0.4, -0.2) is 98.4 Å². The Bertz CT molecular complexity index is 2890. The number of nitrogens with two attached hydrogens (primary N) is 1. The molecule has 0 bridgehead atoms. The number of imide groups is 1. The van der Waals surface area contributed by atoms with Crippen molar-refractivity contribution in [1.82, 2.24) is 25.8 Å². The Labute approximate surface area is 400 Å². The van der Waals surface area contributed by atoms with Crippen molar-refractivity contribution in [2.75, 3.05) is 18.1 Å². The van der Waals surface area contributed by atoms with E-state index in [9.17, 15) is 56.7 Å². The number of piperidine rings is 1. The van der Waals surface area contributed by atoms with E-state index in [1.165, 1.54) is 21.9 Å². The average molecular weight is 984 g/mol. The number of aromatic amines is 1. The number of carbonyl (C=O) groups is 7. The molecule has 0 saturated carbocycles. The lowest BCUT2D eigenvalue weighted by molar-refractivity contribution is -0.137. The number of rotatable bonds is 18. The highest BCUT2D eigenvalue weighted by Crippen LogP contribution is 2.59. The Morgan fingerprint density at radius 2 is 1.74 bits per heavy atom. The van der Waals surface area contributed by atoms with Gasteiger partial charge in [0.2, 0.25) is 29.5 Å². The number of unbranched alkanes of at least 4 members (excludes halogenated alkanes) is 4. The second-order valence-electron chi connectivity index (χ2n) is 18.0. The SMILES string of the molecule is NC(=O)CC[C@@H](COCCCCCCC#Cc1cccc2c1CN(C1CCC(=O)NC1=O)C2=O)NC(=O)[C@@H]1Cc2cccc3c2N1C(=O)[C@@H](NC(=O)c1cc2cc(C(F)(F)P(=O)(O)O)ccc2[nH]1)CC3. The summed E-state index contributed by atoms with van der Waals surface area (Å²) in [6.07, 6.45) is 5.25. The fraction of sp³-hybridized carbons (Fsp3) is 0.408. The molecule has 18 nitrogen and oxygen atoms in total. The molecule has 3 aromatic carbocycles. The van der Waals surface area contributed by atoms with Gasteiger partial charge in [0.1, 0.15) is 23.8 Å². The number of fused-ring (bicyclic) bond motifs is 2. The van der Waals surface area contributed by atoms with Gasteiger partial charge in [-0.15, -0.1) is 0 Å². The van der Waals surface area contributed by atoms with E-state index in [0.29, 0.717) is 30.7 Å². The van der Waals surface area contributed by atoms with Gasteiger partial charge in [0.25, 0.3) is 11.8 Å². The van der Waals surface area contributed by atoms with E-state index in [-0.39, 0.29) is 80.1 Å². The van der Waals surface area contributed by atoms with Crippen molar-refractivity contribution in [3.8, 4) is 11.8 Å². The maximum Gasteiger partial charge on any atom is 0.399 e. The number of para-hydroxylation sites is 1. The van der Waals surface area contributed by atoms with Crippen molar-refractivity contribution in [2.45, 2.75) is 113 Å². The van der Waals surface area contributed by atoms with E-state index in [1.54, 1.807) is 12.1 Å². The molecular weight excluding hydrogens is 932 g/mol. The Morgan fingerprint density at radius 1 is 0.971 bits per heavy atom. The Kier molecular flexibility index (Phi) is 14.7. The van der Waals surface area contributed by atoms with Crippen molar-refractivity contribution in [3.63, 3.8) is 0 Å².